The maximum absolute atomic E-state index is 11.7. The second-order valence-corrected chi connectivity index (χ2v) is 9.46. The van der Waals surface area contributed by atoms with E-state index in [9.17, 15) is 5.11 Å². The molecule has 0 saturated heterocycles. The van der Waals surface area contributed by atoms with Gasteiger partial charge >= 0.3 is 0 Å². The molecule has 4 aromatic carbocycles. The summed E-state index contributed by atoms with van der Waals surface area (Å²) in [5.74, 6) is 0. The van der Waals surface area contributed by atoms with Gasteiger partial charge in [-0.2, -0.15) is 0 Å². The van der Waals surface area contributed by atoms with E-state index < -0.39 is 6.10 Å². The van der Waals surface area contributed by atoms with Crippen LogP contribution in [0.2, 0.25) is 0 Å². The molecule has 0 bridgehead atoms. The van der Waals surface area contributed by atoms with Crippen LogP contribution >= 0.6 is 0 Å². The van der Waals surface area contributed by atoms with Gasteiger partial charge in [-0.15, -0.1) is 0 Å². The van der Waals surface area contributed by atoms with Gasteiger partial charge < -0.3 is 5.11 Å². The zero-order valence-corrected chi connectivity index (χ0v) is 20.9. The molecule has 184 valence electrons. The summed E-state index contributed by atoms with van der Waals surface area (Å²) in [6.07, 6.45) is 1.54. The van der Waals surface area contributed by atoms with Crippen molar-refractivity contribution >= 4 is 6.72 Å². The molecule has 0 spiro atoms. The van der Waals surface area contributed by atoms with Crippen LogP contribution in [-0.2, 0) is 25.9 Å². The van der Waals surface area contributed by atoms with Crippen LogP contribution < -0.4 is 0 Å². The fourth-order valence-corrected chi connectivity index (χ4v) is 4.83. The van der Waals surface area contributed by atoms with Gasteiger partial charge in [0.1, 0.15) is 0 Å². The zero-order valence-electron chi connectivity index (χ0n) is 20.9. The monoisotopic (exact) mass is 476 g/mol. The van der Waals surface area contributed by atoms with Crippen LogP contribution in [-0.4, -0.2) is 34.9 Å². The Labute approximate surface area is 215 Å². The van der Waals surface area contributed by atoms with E-state index in [1.807, 2.05) is 36.4 Å². The van der Waals surface area contributed by atoms with Gasteiger partial charge in [-0.25, -0.2) is 0 Å². The van der Waals surface area contributed by atoms with Crippen LogP contribution in [0.1, 0.15) is 28.7 Å². The Hall–Kier alpha value is -3.53. The third kappa shape index (κ3) is 7.74. The molecule has 4 aromatic rings. The van der Waals surface area contributed by atoms with Gasteiger partial charge in [-0.05, 0) is 48.2 Å². The van der Waals surface area contributed by atoms with Crippen molar-refractivity contribution in [1.82, 2.24) is 4.90 Å². The summed E-state index contributed by atoms with van der Waals surface area (Å²) in [4.78, 5) is 6.83. The molecule has 4 rings (SSSR count). The van der Waals surface area contributed by atoms with Crippen LogP contribution in [0.5, 0.6) is 0 Å². The number of aliphatic hydroxyl groups is 1. The Morgan fingerprint density at radius 1 is 0.583 bits per heavy atom. The number of hydrogen-bond donors (Lipinski definition) is 1. The summed E-state index contributed by atoms with van der Waals surface area (Å²) in [5.41, 5.74) is 4.91. The first-order valence-electron chi connectivity index (χ1n) is 12.7. The van der Waals surface area contributed by atoms with Crippen molar-refractivity contribution in [2.24, 2.45) is 4.99 Å². The van der Waals surface area contributed by atoms with Gasteiger partial charge in [-0.3, -0.25) is 9.89 Å². The minimum Gasteiger partial charge on any atom is -0.391 e. The molecule has 1 N–H and O–H groups in total. The average Bonchev–Trinajstić information content (AvgIpc) is 2.93. The number of aliphatic imine (C=N–C) groups is 1. The standard InChI is InChI=1S/C33H36N2O/c1-34-31(22-27-14-6-2-7-15-27)24-33(36)32(23-28-16-8-3-9-17-28)35(25-29-18-10-4-11-19-29)26-30-20-12-5-13-21-30/h2-21,31-33,36H,1,22-26H2/t31-,32-,33-/m0/s1. The summed E-state index contributed by atoms with van der Waals surface area (Å²) in [5, 5.41) is 11.7. The Bertz CT molecular complexity index is 1110. The lowest BCUT2D eigenvalue weighted by Crippen LogP contribution is -2.45. The fourth-order valence-electron chi connectivity index (χ4n) is 4.83. The molecule has 0 saturated carbocycles. The Morgan fingerprint density at radius 3 is 1.39 bits per heavy atom. The highest BCUT2D eigenvalue weighted by atomic mass is 16.3. The van der Waals surface area contributed by atoms with Crippen LogP contribution in [0.3, 0.4) is 0 Å². The van der Waals surface area contributed by atoms with Gasteiger partial charge in [-0.1, -0.05) is 121 Å². The van der Waals surface area contributed by atoms with Crippen molar-refractivity contribution in [3.05, 3.63) is 144 Å². The van der Waals surface area contributed by atoms with Crippen LogP contribution in [0, 0.1) is 0 Å². The molecule has 0 aliphatic rings. The molecule has 36 heavy (non-hydrogen) atoms. The molecule has 0 unspecified atom stereocenters. The van der Waals surface area contributed by atoms with Crippen LogP contribution in [0.25, 0.3) is 0 Å². The minimum absolute atomic E-state index is 0.0454. The molecule has 0 heterocycles. The highest BCUT2D eigenvalue weighted by Gasteiger charge is 2.29. The summed E-state index contributed by atoms with van der Waals surface area (Å²) in [6.45, 7) is 5.38. The van der Waals surface area contributed by atoms with E-state index in [1.54, 1.807) is 0 Å². The van der Waals surface area contributed by atoms with Crippen LogP contribution in [0.4, 0.5) is 0 Å². The van der Waals surface area contributed by atoms with Gasteiger partial charge in [0.15, 0.2) is 0 Å². The van der Waals surface area contributed by atoms with Crippen LogP contribution in [0.15, 0.2) is 126 Å². The van der Waals surface area contributed by atoms with Crippen molar-refractivity contribution in [3.8, 4) is 0 Å². The van der Waals surface area contributed by atoms with Gasteiger partial charge in [0.05, 0.1) is 12.1 Å². The quantitative estimate of drug-likeness (QED) is 0.228. The highest BCUT2D eigenvalue weighted by molar-refractivity contribution is 5.26. The molecule has 3 atom stereocenters. The molecular weight excluding hydrogens is 440 g/mol. The van der Waals surface area contributed by atoms with E-state index in [0.29, 0.717) is 6.42 Å². The lowest BCUT2D eigenvalue weighted by atomic mass is 9.92. The average molecular weight is 477 g/mol. The second kappa shape index (κ2) is 13.5. The minimum atomic E-state index is -0.558. The van der Waals surface area contributed by atoms with E-state index in [1.165, 1.54) is 22.3 Å². The first-order chi connectivity index (χ1) is 17.7. The number of rotatable bonds is 13. The Morgan fingerprint density at radius 2 is 0.972 bits per heavy atom. The molecule has 0 aromatic heterocycles. The normalized spacial score (nSPS) is 13.7. The number of aliphatic hydroxyl groups excluding tert-OH is 1. The summed E-state index contributed by atoms with van der Waals surface area (Å²) < 4.78 is 0. The SMILES string of the molecule is C=N[C@@H](Cc1ccccc1)C[C@H](O)[C@H](Cc1ccccc1)N(Cc1ccccc1)Cc1ccccc1. The summed E-state index contributed by atoms with van der Waals surface area (Å²) in [6, 6.07) is 41.8. The molecule has 0 amide bonds. The van der Waals surface area contributed by atoms with E-state index in [2.05, 4.69) is 102 Å². The molecule has 0 radical (unpaired) electrons. The number of benzene rings is 4. The van der Waals surface area contributed by atoms with E-state index >= 15 is 0 Å². The molecule has 3 heteroatoms. The molecule has 0 aliphatic heterocycles. The van der Waals surface area contributed by atoms with E-state index in [0.717, 1.165) is 25.9 Å². The smallest absolute Gasteiger partial charge is 0.0719 e. The molecule has 3 nitrogen and oxygen atoms in total. The van der Waals surface area contributed by atoms with E-state index in [-0.39, 0.29) is 12.1 Å². The summed E-state index contributed by atoms with van der Waals surface area (Å²) in [7, 11) is 0. The molecular formula is C33H36N2O. The summed E-state index contributed by atoms with van der Waals surface area (Å²) >= 11 is 0. The van der Waals surface area contributed by atoms with Crippen molar-refractivity contribution in [2.75, 3.05) is 0 Å². The first-order valence-corrected chi connectivity index (χ1v) is 12.7. The maximum atomic E-state index is 11.7. The Kier molecular flexibility index (Phi) is 9.61. The number of hydrogen-bond acceptors (Lipinski definition) is 3. The molecule has 0 fully saturated rings. The van der Waals surface area contributed by atoms with Gasteiger partial charge in [0.25, 0.3) is 0 Å². The third-order valence-electron chi connectivity index (χ3n) is 6.74. The topological polar surface area (TPSA) is 35.8 Å². The third-order valence-corrected chi connectivity index (χ3v) is 6.74. The zero-order chi connectivity index (χ0) is 25.0. The fraction of sp³-hybridized carbons (Fsp3) is 0.242. The predicted octanol–water partition coefficient (Wildman–Crippen LogP) is 6.36. The van der Waals surface area contributed by atoms with Crippen molar-refractivity contribution in [2.45, 2.75) is 50.5 Å². The van der Waals surface area contributed by atoms with Crippen molar-refractivity contribution in [1.29, 1.82) is 0 Å². The number of nitrogens with zero attached hydrogens (tertiary/aromatic N) is 2. The lowest BCUT2D eigenvalue weighted by Gasteiger charge is -2.36. The second-order valence-electron chi connectivity index (χ2n) is 9.46. The Balaban J connectivity index is 1.61. The van der Waals surface area contributed by atoms with Crippen molar-refractivity contribution in [3.63, 3.8) is 0 Å². The van der Waals surface area contributed by atoms with E-state index in [4.69, 9.17) is 0 Å². The predicted molar refractivity (Wildman–Crippen MR) is 150 cm³/mol. The molecule has 0 aliphatic carbocycles. The van der Waals surface area contributed by atoms with Crippen molar-refractivity contribution < 1.29 is 5.11 Å². The lowest BCUT2D eigenvalue weighted by molar-refractivity contribution is 0.0303. The van der Waals surface area contributed by atoms with Gasteiger partial charge in [0.2, 0.25) is 0 Å². The van der Waals surface area contributed by atoms with Gasteiger partial charge in [0, 0.05) is 19.1 Å². The first kappa shape index (κ1) is 25.6. The largest absolute Gasteiger partial charge is 0.391 e. The highest BCUT2D eigenvalue weighted by Crippen LogP contribution is 2.23. The maximum Gasteiger partial charge on any atom is 0.0719 e.